The van der Waals surface area contributed by atoms with Crippen molar-refractivity contribution in [2.75, 3.05) is 18.5 Å². The molecule has 1 fully saturated rings. The van der Waals surface area contributed by atoms with Crippen LogP contribution in [-0.2, 0) is 4.74 Å². The summed E-state index contributed by atoms with van der Waals surface area (Å²) in [5, 5.41) is 12.3. The van der Waals surface area contributed by atoms with Crippen LogP contribution >= 0.6 is 0 Å². The van der Waals surface area contributed by atoms with Crippen LogP contribution in [0.3, 0.4) is 0 Å². The molecule has 0 saturated carbocycles. The molecule has 2 heterocycles. The second kappa shape index (κ2) is 5.83. The average Bonchev–Trinajstić information content (AvgIpc) is 2.85. The molecule has 0 unspecified atom stereocenters. The first-order valence-corrected chi connectivity index (χ1v) is 6.43. The molecule has 1 aromatic heterocycles. The molecule has 2 atom stereocenters. The summed E-state index contributed by atoms with van der Waals surface area (Å²) in [6.07, 6.45) is 3.09. The van der Waals surface area contributed by atoms with Gasteiger partial charge in [-0.2, -0.15) is 5.26 Å². The van der Waals surface area contributed by atoms with Gasteiger partial charge in [-0.05, 0) is 24.5 Å². The zero-order chi connectivity index (χ0) is 13.0. The molecule has 0 radical (unpaired) electrons. The Morgan fingerprint density at radius 2 is 2.44 bits per heavy atom. The minimum Gasteiger partial charge on any atom is -0.378 e. The van der Waals surface area contributed by atoms with E-state index in [-0.39, 0.29) is 0 Å². The number of pyridine rings is 1. The normalized spacial score (nSPS) is 23.0. The van der Waals surface area contributed by atoms with Gasteiger partial charge in [0.25, 0.3) is 0 Å². The van der Waals surface area contributed by atoms with Crippen LogP contribution in [0.5, 0.6) is 0 Å². The van der Waals surface area contributed by atoms with Crippen LogP contribution in [0.1, 0.15) is 25.8 Å². The molecule has 1 aliphatic heterocycles. The third-order valence-corrected chi connectivity index (χ3v) is 3.38. The fraction of sp³-hybridized carbons (Fsp3) is 0.571. The van der Waals surface area contributed by atoms with Crippen molar-refractivity contribution in [3.8, 4) is 6.07 Å². The molecular formula is C14H19N3O. The second-order valence-corrected chi connectivity index (χ2v) is 5.02. The van der Waals surface area contributed by atoms with E-state index in [1.54, 1.807) is 18.3 Å². The second-order valence-electron chi connectivity index (χ2n) is 5.02. The van der Waals surface area contributed by atoms with Gasteiger partial charge in [0.05, 0.1) is 11.7 Å². The summed E-state index contributed by atoms with van der Waals surface area (Å²) < 4.78 is 5.75. The number of aromatic nitrogens is 1. The quantitative estimate of drug-likeness (QED) is 0.885. The minimum atomic E-state index is 0.312. The summed E-state index contributed by atoms with van der Waals surface area (Å²) in [5.41, 5.74) is 0.595. The predicted octanol–water partition coefficient (Wildman–Crippen LogP) is 2.43. The predicted molar refractivity (Wildman–Crippen MR) is 70.1 cm³/mol. The maximum atomic E-state index is 9.00. The molecule has 4 nitrogen and oxygen atoms in total. The number of hydrogen-bond acceptors (Lipinski definition) is 4. The first-order chi connectivity index (χ1) is 8.72. The monoisotopic (exact) mass is 245 g/mol. The van der Waals surface area contributed by atoms with Crippen molar-refractivity contribution in [3.05, 3.63) is 23.9 Å². The fourth-order valence-electron chi connectivity index (χ4n) is 2.48. The van der Waals surface area contributed by atoms with E-state index in [0.717, 1.165) is 19.6 Å². The molecule has 1 N–H and O–H groups in total. The van der Waals surface area contributed by atoms with Crippen molar-refractivity contribution in [2.24, 2.45) is 11.8 Å². The Hall–Kier alpha value is -1.60. The van der Waals surface area contributed by atoms with E-state index in [4.69, 9.17) is 10.00 Å². The maximum Gasteiger partial charge on any atom is 0.143 e. The Morgan fingerprint density at radius 1 is 1.61 bits per heavy atom. The maximum absolute atomic E-state index is 9.00. The smallest absolute Gasteiger partial charge is 0.143 e. The van der Waals surface area contributed by atoms with Crippen molar-refractivity contribution < 1.29 is 4.74 Å². The number of hydrogen-bond donors (Lipinski definition) is 1. The Bertz CT molecular complexity index is 439. The first-order valence-electron chi connectivity index (χ1n) is 6.43. The van der Waals surface area contributed by atoms with Crippen LogP contribution in [-0.4, -0.2) is 24.2 Å². The number of nitrogens with one attached hydrogen (secondary N) is 1. The number of anilines is 1. The molecule has 2 rings (SSSR count). The van der Waals surface area contributed by atoms with E-state index in [9.17, 15) is 0 Å². The average molecular weight is 245 g/mol. The molecule has 0 spiro atoms. The van der Waals surface area contributed by atoms with E-state index in [2.05, 4.69) is 30.2 Å². The summed E-state index contributed by atoms with van der Waals surface area (Å²) in [5.74, 6) is 1.70. The van der Waals surface area contributed by atoms with Crippen LogP contribution < -0.4 is 5.32 Å². The van der Waals surface area contributed by atoms with E-state index in [0.29, 0.717) is 29.3 Å². The van der Waals surface area contributed by atoms with Gasteiger partial charge in [-0.1, -0.05) is 13.8 Å². The molecule has 1 saturated heterocycles. The van der Waals surface area contributed by atoms with Gasteiger partial charge in [0.1, 0.15) is 11.9 Å². The Morgan fingerprint density at radius 3 is 3.17 bits per heavy atom. The molecule has 0 aromatic carbocycles. The summed E-state index contributed by atoms with van der Waals surface area (Å²) in [6, 6.07) is 5.70. The molecule has 0 aliphatic carbocycles. The van der Waals surface area contributed by atoms with Crippen LogP contribution in [0.25, 0.3) is 0 Å². The minimum absolute atomic E-state index is 0.312. The van der Waals surface area contributed by atoms with Crippen molar-refractivity contribution >= 4 is 5.82 Å². The first kappa shape index (κ1) is 12.8. The highest BCUT2D eigenvalue weighted by molar-refractivity contribution is 5.51. The third-order valence-electron chi connectivity index (χ3n) is 3.38. The van der Waals surface area contributed by atoms with E-state index in [1.807, 2.05) is 0 Å². The van der Waals surface area contributed by atoms with Gasteiger partial charge >= 0.3 is 0 Å². The van der Waals surface area contributed by atoms with Gasteiger partial charge in [0, 0.05) is 25.3 Å². The van der Waals surface area contributed by atoms with Crippen LogP contribution in [0.4, 0.5) is 5.82 Å². The fourth-order valence-corrected chi connectivity index (χ4v) is 2.48. The zero-order valence-electron chi connectivity index (χ0n) is 10.9. The van der Waals surface area contributed by atoms with E-state index >= 15 is 0 Å². The lowest BCUT2D eigenvalue weighted by Gasteiger charge is -2.22. The van der Waals surface area contributed by atoms with Crippen LogP contribution in [0.15, 0.2) is 18.3 Å². The Labute approximate surface area is 108 Å². The van der Waals surface area contributed by atoms with E-state index < -0.39 is 0 Å². The summed E-state index contributed by atoms with van der Waals surface area (Å²) in [4.78, 5) is 4.21. The zero-order valence-corrected chi connectivity index (χ0v) is 10.9. The van der Waals surface area contributed by atoms with Crippen molar-refractivity contribution in [1.82, 2.24) is 4.98 Å². The molecule has 0 amide bonds. The summed E-state index contributed by atoms with van der Waals surface area (Å²) in [6.45, 7) is 6.02. The van der Waals surface area contributed by atoms with Gasteiger partial charge in [0.15, 0.2) is 0 Å². The Kier molecular flexibility index (Phi) is 4.16. The standard InChI is InChI=1S/C14H19N3O/c1-10(2)13-12(5-7-18-13)9-17-14-11(8-15)4-3-6-16-14/h3-4,6,10,12-13H,5,7,9H2,1-2H3,(H,16,17)/t12-,13-/m1/s1. The molecule has 0 bridgehead atoms. The highest BCUT2D eigenvalue weighted by Crippen LogP contribution is 2.27. The molecule has 96 valence electrons. The summed E-state index contributed by atoms with van der Waals surface area (Å²) >= 11 is 0. The molecule has 18 heavy (non-hydrogen) atoms. The van der Waals surface area contributed by atoms with Gasteiger partial charge in [-0.25, -0.2) is 4.98 Å². The number of nitriles is 1. The molecule has 1 aliphatic rings. The summed E-state index contributed by atoms with van der Waals surface area (Å²) in [7, 11) is 0. The van der Waals surface area contributed by atoms with Crippen molar-refractivity contribution in [2.45, 2.75) is 26.4 Å². The number of rotatable bonds is 4. The lowest BCUT2D eigenvalue weighted by molar-refractivity contribution is 0.0566. The van der Waals surface area contributed by atoms with Crippen LogP contribution in [0.2, 0.25) is 0 Å². The van der Waals surface area contributed by atoms with Gasteiger partial charge in [0.2, 0.25) is 0 Å². The van der Waals surface area contributed by atoms with Gasteiger partial charge in [-0.3, -0.25) is 0 Å². The van der Waals surface area contributed by atoms with Crippen LogP contribution in [0, 0.1) is 23.2 Å². The van der Waals surface area contributed by atoms with Gasteiger partial charge < -0.3 is 10.1 Å². The third kappa shape index (κ3) is 2.80. The Balaban J connectivity index is 1.97. The number of ether oxygens (including phenoxy) is 1. The topological polar surface area (TPSA) is 57.9 Å². The molecule has 4 heteroatoms. The van der Waals surface area contributed by atoms with Crippen molar-refractivity contribution in [3.63, 3.8) is 0 Å². The highest BCUT2D eigenvalue weighted by Gasteiger charge is 2.30. The van der Waals surface area contributed by atoms with Gasteiger partial charge in [-0.15, -0.1) is 0 Å². The molecular weight excluding hydrogens is 226 g/mol. The highest BCUT2D eigenvalue weighted by atomic mass is 16.5. The lowest BCUT2D eigenvalue weighted by atomic mass is 9.93. The van der Waals surface area contributed by atoms with Crippen molar-refractivity contribution in [1.29, 1.82) is 5.26 Å². The number of nitrogens with zero attached hydrogens (tertiary/aromatic N) is 2. The SMILES string of the molecule is CC(C)[C@H]1OCC[C@@H]1CNc1ncccc1C#N. The lowest BCUT2D eigenvalue weighted by Crippen LogP contribution is -2.28. The largest absolute Gasteiger partial charge is 0.378 e. The molecule has 1 aromatic rings. The van der Waals surface area contributed by atoms with E-state index in [1.165, 1.54) is 0 Å².